The fourth-order valence-electron chi connectivity index (χ4n) is 1.88. The van der Waals surface area contributed by atoms with E-state index in [2.05, 4.69) is 4.98 Å². The smallest absolute Gasteiger partial charge is 0.240 e. The SMILES string of the molecule is Cc1nc(CN(C)c2ccc(N)cc2S(N)(=O)=O)cs1. The Balaban J connectivity index is 2.37. The average molecular weight is 312 g/mol. The van der Waals surface area contributed by atoms with Crippen molar-refractivity contribution in [3.8, 4) is 0 Å². The molecule has 0 saturated heterocycles. The number of anilines is 2. The number of nitrogen functional groups attached to an aromatic ring is 1. The number of aryl methyl sites for hydroxylation is 1. The molecule has 8 heteroatoms. The van der Waals surface area contributed by atoms with Gasteiger partial charge in [-0.3, -0.25) is 0 Å². The van der Waals surface area contributed by atoms with Crippen LogP contribution in [0.5, 0.6) is 0 Å². The third-order valence-corrected chi connectivity index (χ3v) is 4.53. The van der Waals surface area contributed by atoms with Gasteiger partial charge in [-0.2, -0.15) is 0 Å². The Bertz CT molecular complexity index is 725. The zero-order valence-corrected chi connectivity index (χ0v) is 12.8. The molecule has 0 bridgehead atoms. The molecular weight excluding hydrogens is 296 g/mol. The predicted molar refractivity (Wildman–Crippen MR) is 81.2 cm³/mol. The summed E-state index contributed by atoms with van der Waals surface area (Å²) in [5, 5.41) is 8.15. The van der Waals surface area contributed by atoms with Gasteiger partial charge in [0.15, 0.2) is 0 Å². The molecule has 0 unspecified atom stereocenters. The number of rotatable bonds is 4. The first-order valence-electron chi connectivity index (χ1n) is 5.82. The highest BCUT2D eigenvalue weighted by Crippen LogP contribution is 2.27. The minimum atomic E-state index is -3.83. The van der Waals surface area contributed by atoms with Crippen LogP contribution in [0.25, 0.3) is 0 Å². The van der Waals surface area contributed by atoms with Gasteiger partial charge in [-0.25, -0.2) is 18.5 Å². The van der Waals surface area contributed by atoms with Gasteiger partial charge in [-0.05, 0) is 25.1 Å². The summed E-state index contributed by atoms with van der Waals surface area (Å²) >= 11 is 1.55. The summed E-state index contributed by atoms with van der Waals surface area (Å²) in [4.78, 5) is 6.16. The third-order valence-electron chi connectivity index (χ3n) is 2.77. The fraction of sp³-hybridized carbons (Fsp3) is 0.250. The van der Waals surface area contributed by atoms with Crippen LogP contribution in [0.1, 0.15) is 10.7 Å². The first kappa shape index (κ1) is 14.8. The summed E-state index contributed by atoms with van der Waals surface area (Å²) in [6, 6.07) is 4.66. The maximum absolute atomic E-state index is 11.6. The highest BCUT2D eigenvalue weighted by molar-refractivity contribution is 7.89. The zero-order valence-electron chi connectivity index (χ0n) is 11.2. The molecule has 20 heavy (non-hydrogen) atoms. The Hall–Kier alpha value is -1.64. The van der Waals surface area contributed by atoms with Crippen molar-refractivity contribution in [1.29, 1.82) is 0 Å². The molecule has 6 nitrogen and oxygen atoms in total. The van der Waals surface area contributed by atoms with E-state index >= 15 is 0 Å². The maximum Gasteiger partial charge on any atom is 0.240 e. The molecule has 2 rings (SSSR count). The Morgan fingerprint density at radius 1 is 1.40 bits per heavy atom. The van der Waals surface area contributed by atoms with Crippen molar-refractivity contribution < 1.29 is 8.42 Å². The second kappa shape index (κ2) is 5.39. The summed E-state index contributed by atoms with van der Waals surface area (Å²) in [6.45, 7) is 2.42. The highest BCUT2D eigenvalue weighted by Gasteiger charge is 2.17. The number of sulfonamides is 1. The molecule has 0 saturated carbocycles. The molecule has 1 aromatic heterocycles. The molecule has 108 valence electrons. The molecule has 0 aliphatic rings. The third kappa shape index (κ3) is 3.27. The Morgan fingerprint density at radius 3 is 2.65 bits per heavy atom. The molecule has 0 fully saturated rings. The van der Waals surface area contributed by atoms with E-state index in [1.54, 1.807) is 35.4 Å². The van der Waals surface area contributed by atoms with Gasteiger partial charge in [0.2, 0.25) is 10.0 Å². The van der Waals surface area contributed by atoms with Crippen molar-refractivity contribution in [2.45, 2.75) is 18.4 Å². The molecule has 0 aliphatic carbocycles. The van der Waals surface area contributed by atoms with E-state index in [0.29, 0.717) is 17.9 Å². The molecule has 1 heterocycles. The number of benzene rings is 1. The van der Waals surface area contributed by atoms with Crippen LogP contribution < -0.4 is 15.8 Å². The van der Waals surface area contributed by atoms with Crippen molar-refractivity contribution >= 4 is 32.7 Å². The van der Waals surface area contributed by atoms with Gasteiger partial charge in [-0.1, -0.05) is 0 Å². The van der Waals surface area contributed by atoms with Gasteiger partial charge < -0.3 is 10.6 Å². The van der Waals surface area contributed by atoms with Crippen molar-refractivity contribution in [3.63, 3.8) is 0 Å². The lowest BCUT2D eigenvalue weighted by Crippen LogP contribution is -2.22. The molecule has 2 aromatic rings. The number of nitrogens with two attached hydrogens (primary N) is 2. The summed E-state index contributed by atoms with van der Waals surface area (Å²) < 4.78 is 23.3. The Labute approximate surface area is 122 Å². The van der Waals surface area contributed by atoms with E-state index in [9.17, 15) is 8.42 Å². The van der Waals surface area contributed by atoms with Crippen LogP contribution in [0.4, 0.5) is 11.4 Å². The van der Waals surface area contributed by atoms with Gasteiger partial charge in [-0.15, -0.1) is 11.3 Å². The second-order valence-electron chi connectivity index (χ2n) is 4.49. The van der Waals surface area contributed by atoms with Gasteiger partial charge >= 0.3 is 0 Å². The Kier molecular flexibility index (Phi) is 3.98. The number of hydrogen-bond donors (Lipinski definition) is 2. The molecule has 0 atom stereocenters. The topological polar surface area (TPSA) is 102 Å². The number of primary sulfonamides is 1. The number of aromatic nitrogens is 1. The summed E-state index contributed by atoms with van der Waals surface area (Å²) in [5.41, 5.74) is 7.38. The molecule has 0 spiro atoms. The van der Waals surface area contributed by atoms with Gasteiger partial charge in [0.05, 0.1) is 22.9 Å². The second-order valence-corrected chi connectivity index (χ2v) is 7.08. The van der Waals surface area contributed by atoms with E-state index in [-0.39, 0.29) is 4.90 Å². The van der Waals surface area contributed by atoms with Crippen LogP contribution in [0.15, 0.2) is 28.5 Å². The van der Waals surface area contributed by atoms with Crippen molar-refractivity contribution in [2.75, 3.05) is 17.7 Å². The normalized spacial score (nSPS) is 11.6. The maximum atomic E-state index is 11.6. The van der Waals surface area contributed by atoms with Gasteiger partial charge in [0.25, 0.3) is 0 Å². The van der Waals surface area contributed by atoms with E-state index in [1.807, 2.05) is 12.3 Å². The number of thiazole rings is 1. The average Bonchev–Trinajstić information content (AvgIpc) is 2.73. The quantitative estimate of drug-likeness (QED) is 0.829. The lowest BCUT2D eigenvalue weighted by molar-refractivity contribution is 0.597. The molecule has 0 aliphatic heterocycles. The fourth-order valence-corrected chi connectivity index (χ4v) is 3.30. The standard InChI is InChI=1S/C12H16N4O2S2/c1-8-15-10(7-19-8)6-16(2)11-4-3-9(13)5-12(11)20(14,17)18/h3-5,7H,6,13H2,1-2H3,(H2,14,17,18). The van der Waals surface area contributed by atoms with Crippen LogP contribution in [0.3, 0.4) is 0 Å². The van der Waals surface area contributed by atoms with Gasteiger partial charge in [0.1, 0.15) is 4.90 Å². The summed E-state index contributed by atoms with van der Waals surface area (Å²) in [7, 11) is -2.04. The van der Waals surface area contributed by atoms with Crippen molar-refractivity contribution in [3.05, 3.63) is 34.3 Å². The van der Waals surface area contributed by atoms with Crippen LogP contribution in [0.2, 0.25) is 0 Å². The summed E-state index contributed by atoms with van der Waals surface area (Å²) in [5.74, 6) is 0. The molecule has 0 radical (unpaired) electrons. The largest absolute Gasteiger partial charge is 0.399 e. The lowest BCUT2D eigenvalue weighted by Gasteiger charge is -2.21. The molecule has 0 amide bonds. The van der Waals surface area contributed by atoms with Gasteiger partial charge in [0, 0.05) is 18.1 Å². The van der Waals surface area contributed by atoms with Crippen LogP contribution in [-0.2, 0) is 16.6 Å². The molecule has 4 N–H and O–H groups in total. The van der Waals surface area contributed by atoms with Crippen molar-refractivity contribution in [1.82, 2.24) is 4.98 Å². The molecular formula is C12H16N4O2S2. The van der Waals surface area contributed by atoms with E-state index < -0.39 is 10.0 Å². The number of nitrogens with zero attached hydrogens (tertiary/aromatic N) is 2. The number of hydrogen-bond acceptors (Lipinski definition) is 6. The van der Waals surface area contributed by atoms with Crippen LogP contribution in [-0.4, -0.2) is 20.4 Å². The first-order valence-corrected chi connectivity index (χ1v) is 8.24. The Morgan fingerprint density at radius 2 is 2.10 bits per heavy atom. The summed E-state index contributed by atoms with van der Waals surface area (Å²) in [6.07, 6.45) is 0. The lowest BCUT2D eigenvalue weighted by atomic mass is 10.2. The van der Waals surface area contributed by atoms with E-state index in [0.717, 1.165) is 10.7 Å². The van der Waals surface area contributed by atoms with Crippen molar-refractivity contribution in [2.24, 2.45) is 5.14 Å². The van der Waals surface area contributed by atoms with Crippen LogP contribution in [0, 0.1) is 6.92 Å². The minimum absolute atomic E-state index is 0.0203. The zero-order chi connectivity index (χ0) is 14.9. The monoisotopic (exact) mass is 312 g/mol. The minimum Gasteiger partial charge on any atom is -0.399 e. The van der Waals surface area contributed by atoms with E-state index in [4.69, 9.17) is 10.9 Å². The highest BCUT2D eigenvalue weighted by atomic mass is 32.2. The molecule has 1 aromatic carbocycles. The van der Waals surface area contributed by atoms with Crippen LogP contribution >= 0.6 is 11.3 Å². The predicted octanol–water partition coefficient (Wildman–Crippen LogP) is 1.32. The van der Waals surface area contributed by atoms with E-state index in [1.165, 1.54) is 6.07 Å². The first-order chi connectivity index (χ1) is 9.27.